The first-order valence-corrected chi connectivity index (χ1v) is 13.3. The van der Waals surface area contributed by atoms with E-state index in [9.17, 15) is 14.4 Å². The standard InChI is InChI=1S/C29H31Cl2N3O3/c1-18(2)16-32-28(36)19(3)34(17-21-12-13-22(30)15-24(21)31)26(35)11-6-14-33-25-10-5-8-20-7-4-9-23(27(20)25)29(33)37/h4-5,7-10,12-13,15,18-19H,6,11,14,16-17H2,1-3H3,(H,32,36)/t19-/m0/s1. The second kappa shape index (κ2) is 11.5. The fraction of sp³-hybridized carbons (Fsp3) is 0.345. The van der Waals surface area contributed by atoms with E-state index >= 15 is 0 Å². The summed E-state index contributed by atoms with van der Waals surface area (Å²) in [5.74, 6) is -0.160. The van der Waals surface area contributed by atoms with Crippen LogP contribution >= 0.6 is 23.2 Å². The van der Waals surface area contributed by atoms with Gasteiger partial charge in [0.25, 0.3) is 5.91 Å². The average molecular weight is 540 g/mol. The van der Waals surface area contributed by atoms with E-state index in [0.717, 1.165) is 16.5 Å². The monoisotopic (exact) mass is 539 g/mol. The Morgan fingerprint density at radius 2 is 1.76 bits per heavy atom. The van der Waals surface area contributed by atoms with Crippen molar-refractivity contribution in [2.24, 2.45) is 5.92 Å². The van der Waals surface area contributed by atoms with Crippen LogP contribution in [-0.2, 0) is 16.1 Å². The van der Waals surface area contributed by atoms with Gasteiger partial charge in [-0.3, -0.25) is 14.4 Å². The molecule has 0 unspecified atom stereocenters. The topological polar surface area (TPSA) is 69.7 Å². The highest BCUT2D eigenvalue weighted by molar-refractivity contribution is 6.35. The SMILES string of the molecule is CC(C)CNC(=O)[C@H](C)N(Cc1ccc(Cl)cc1Cl)C(=O)CCCN1C(=O)c2cccc3cccc1c23. The maximum atomic E-state index is 13.4. The van der Waals surface area contributed by atoms with Crippen LogP contribution in [0.15, 0.2) is 54.6 Å². The summed E-state index contributed by atoms with van der Waals surface area (Å²) in [6.45, 7) is 6.86. The van der Waals surface area contributed by atoms with E-state index < -0.39 is 6.04 Å². The molecule has 3 aromatic rings. The van der Waals surface area contributed by atoms with Gasteiger partial charge < -0.3 is 15.1 Å². The first kappa shape index (κ1) is 27.0. The molecule has 3 amide bonds. The first-order chi connectivity index (χ1) is 17.7. The molecule has 0 saturated heterocycles. The van der Waals surface area contributed by atoms with Gasteiger partial charge >= 0.3 is 0 Å². The van der Waals surface area contributed by atoms with Crippen molar-refractivity contribution in [2.75, 3.05) is 18.0 Å². The van der Waals surface area contributed by atoms with Gasteiger partial charge in [-0.2, -0.15) is 0 Å². The Morgan fingerprint density at radius 3 is 2.46 bits per heavy atom. The van der Waals surface area contributed by atoms with Crippen LogP contribution in [0.25, 0.3) is 10.8 Å². The van der Waals surface area contributed by atoms with Gasteiger partial charge in [0.15, 0.2) is 0 Å². The van der Waals surface area contributed by atoms with E-state index in [4.69, 9.17) is 23.2 Å². The van der Waals surface area contributed by atoms with Crippen LogP contribution in [0.4, 0.5) is 5.69 Å². The Kier molecular flexibility index (Phi) is 8.40. The summed E-state index contributed by atoms with van der Waals surface area (Å²) in [5.41, 5.74) is 2.27. The van der Waals surface area contributed by atoms with Crippen molar-refractivity contribution in [1.82, 2.24) is 10.2 Å². The van der Waals surface area contributed by atoms with Crippen LogP contribution in [0.2, 0.25) is 10.0 Å². The number of rotatable bonds is 10. The van der Waals surface area contributed by atoms with Crippen LogP contribution < -0.4 is 10.2 Å². The maximum Gasteiger partial charge on any atom is 0.258 e. The number of nitrogens with one attached hydrogen (secondary N) is 1. The van der Waals surface area contributed by atoms with Crippen molar-refractivity contribution in [3.63, 3.8) is 0 Å². The molecule has 3 aromatic carbocycles. The smallest absolute Gasteiger partial charge is 0.258 e. The summed E-state index contributed by atoms with van der Waals surface area (Å²) in [6, 6.07) is 16.0. The quantitative estimate of drug-likeness (QED) is 0.339. The Labute approximate surface area is 227 Å². The Balaban J connectivity index is 1.47. The second-order valence-corrected chi connectivity index (χ2v) is 10.7. The number of carbonyl (C=O) groups is 3. The number of amides is 3. The zero-order chi connectivity index (χ0) is 26.7. The van der Waals surface area contributed by atoms with Crippen LogP contribution in [0.3, 0.4) is 0 Å². The Bertz CT molecular complexity index is 1340. The van der Waals surface area contributed by atoms with E-state index in [-0.39, 0.29) is 36.6 Å². The van der Waals surface area contributed by atoms with Gasteiger partial charge in [0.2, 0.25) is 11.8 Å². The summed E-state index contributed by atoms with van der Waals surface area (Å²) in [7, 11) is 0. The summed E-state index contributed by atoms with van der Waals surface area (Å²) in [4.78, 5) is 42.7. The highest BCUT2D eigenvalue weighted by Gasteiger charge is 2.30. The van der Waals surface area contributed by atoms with E-state index in [2.05, 4.69) is 5.32 Å². The van der Waals surface area contributed by atoms with Gasteiger partial charge in [0.1, 0.15) is 6.04 Å². The van der Waals surface area contributed by atoms with Gasteiger partial charge in [-0.15, -0.1) is 0 Å². The third-order valence-electron chi connectivity index (χ3n) is 6.63. The van der Waals surface area contributed by atoms with Crippen molar-refractivity contribution < 1.29 is 14.4 Å². The lowest BCUT2D eigenvalue weighted by atomic mass is 10.1. The molecule has 1 aliphatic heterocycles. The zero-order valence-electron chi connectivity index (χ0n) is 21.3. The number of halogens is 2. The van der Waals surface area contributed by atoms with Gasteiger partial charge in [0, 0.05) is 47.1 Å². The fourth-order valence-corrected chi connectivity index (χ4v) is 5.07. The Hall–Kier alpha value is -3.09. The number of nitrogens with zero attached hydrogens (tertiary/aromatic N) is 2. The van der Waals surface area contributed by atoms with Crippen molar-refractivity contribution in [3.05, 3.63) is 75.8 Å². The number of hydrogen-bond donors (Lipinski definition) is 1. The van der Waals surface area contributed by atoms with E-state index in [1.54, 1.807) is 34.9 Å². The van der Waals surface area contributed by atoms with E-state index in [1.807, 2.05) is 50.2 Å². The number of anilines is 1. The third-order valence-corrected chi connectivity index (χ3v) is 7.22. The molecule has 0 aliphatic carbocycles. The molecule has 0 saturated carbocycles. The number of hydrogen-bond acceptors (Lipinski definition) is 3. The largest absolute Gasteiger partial charge is 0.354 e. The Morgan fingerprint density at radius 1 is 1.03 bits per heavy atom. The fourth-order valence-electron chi connectivity index (χ4n) is 4.60. The average Bonchev–Trinajstić information content (AvgIpc) is 3.14. The van der Waals surface area contributed by atoms with E-state index in [1.165, 1.54) is 0 Å². The molecule has 194 valence electrons. The van der Waals surface area contributed by atoms with Crippen LogP contribution in [-0.4, -0.2) is 41.8 Å². The van der Waals surface area contributed by atoms with Crippen molar-refractivity contribution in [3.8, 4) is 0 Å². The maximum absolute atomic E-state index is 13.4. The van der Waals surface area contributed by atoms with Crippen LogP contribution in [0, 0.1) is 5.92 Å². The van der Waals surface area contributed by atoms with Crippen LogP contribution in [0.1, 0.15) is 49.5 Å². The summed E-state index contributed by atoms with van der Waals surface area (Å²) < 4.78 is 0. The molecule has 1 atom stereocenters. The molecule has 4 rings (SSSR count). The van der Waals surface area contributed by atoms with Crippen molar-refractivity contribution in [1.29, 1.82) is 0 Å². The molecule has 37 heavy (non-hydrogen) atoms. The molecule has 1 N–H and O–H groups in total. The summed E-state index contributed by atoms with van der Waals surface area (Å²) in [5, 5.41) is 5.83. The molecule has 0 fully saturated rings. The minimum absolute atomic E-state index is 0.0505. The highest BCUT2D eigenvalue weighted by Crippen LogP contribution is 2.37. The van der Waals surface area contributed by atoms with Gasteiger partial charge in [-0.05, 0) is 54.5 Å². The lowest BCUT2D eigenvalue weighted by molar-refractivity contribution is -0.140. The van der Waals surface area contributed by atoms with Gasteiger partial charge in [-0.1, -0.05) is 67.4 Å². The zero-order valence-corrected chi connectivity index (χ0v) is 22.8. The molecule has 1 heterocycles. The molecular weight excluding hydrogens is 509 g/mol. The molecule has 0 aromatic heterocycles. The predicted molar refractivity (Wildman–Crippen MR) is 149 cm³/mol. The molecule has 1 aliphatic rings. The molecule has 0 spiro atoms. The van der Waals surface area contributed by atoms with Crippen molar-refractivity contribution >= 4 is 57.4 Å². The van der Waals surface area contributed by atoms with Gasteiger partial charge in [-0.25, -0.2) is 0 Å². The number of benzene rings is 3. The molecule has 0 radical (unpaired) electrons. The first-order valence-electron chi connectivity index (χ1n) is 12.5. The minimum Gasteiger partial charge on any atom is -0.354 e. The second-order valence-electron chi connectivity index (χ2n) is 9.81. The number of carbonyl (C=O) groups excluding carboxylic acids is 3. The molecular formula is C29H31Cl2N3O3. The third kappa shape index (κ3) is 5.91. The summed E-state index contributed by atoms with van der Waals surface area (Å²) in [6.07, 6.45) is 0.642. The van der Waals surface area contributed by atoms with E-state index in [0.29, 0.717) is 40.7 Å². The molecule has 0 bridgehead atoms. The lowest BCUT2D eigenvalue weighted by Crippen LogP contribution is -2.48. The lowest BCUT2D eigenvalue weighted by Gasteiger charge is -2.29. The molecule has 8 heteroatoms. The highest BCUT2D eigenvalue weighted by atomic mass is 35.5. The summed E-state index contributed by atoms with van der Waals surface area (Å²) >= 11 is 12.4. The predicted octanol–water partition coefficient (Wildman–Crippen LogP) is 6.08. The van der Waals surface area contributed by atoms with Crippen molar-refractivity contribution in [2.45, 2.75) is 46.2 Å². The minimum atomic E-state index is -0.690. The molecule has 6 nitrogen and oxygen atoms in total. The van der Waals surface area contributed by atoms with Gasteiger partial charge in [0.05, 0.1) is 5.69 Å². The van der Waals surface area contributed by atoms with Crippen LogP contribution in [0.5, 0.6) is 0 Å². The normalized spacial score (nSPS) is 13.4.